The van der Waals surface area contributed by atoms with Gasteiger partial charge in [0.15, 0.2) is 12.4 Å². The number of ketones is 1. The molecule has 0 radical (unpaired) electrons. The fourth-order valence-electron chi connectivity index (χ4n) is 2.46. The lowest BCUT2D eigenvalue weighted by atomic mass is 10.1. The second-order valence-corrected chi connectivity index (χ2v) is 7.09. The molecule has 0 bridgehead atoms. The maximum atomic E-state index is 12.5. The molecule has 3 rings (SSSR count). The Balaban J connectivity index is 1.63. The van der Waals surface area contributed by atoms with Gasteiger partial charge in [-0.2, -0.15) is 0 Å². The van der Waals surface area contributed by atoms with Gasteiger partial charge in [-0.05, 0) is 48.5 Å². The Labute approximate surface area is 172 Å². The summed E-state index contributed by atoms with van der Waals surface area (Å²) in [7, 11) is 0. The molecule has 1 N–H and O–H groups in total. The first kappa shape index (κ1) is 20.3. The number of carbonyl (C=O) groups is 3. The van der Waals surface area contributed by atoms with E-state index in [2.05, 4.69) is 10.3 Å². The largest absolute Gasteiger partial charge is 0.454 e. The first-order valence-electron chi connectivity index (χ1n) is 8.79. The van der Waals surface area contributed by atoms with Gasteiger partial charge in [-0.25, -0.2) is 9.78 Å². The molecule has 3 aromatic rings. The first-order valence-corrected chi connectivity index (χ1v) is 9.60. The van der Waals surface area contributed by atoms with E-state index in [9.17, 15) is 14.4 Å². The van der Waals surface area contributed by atoms with Crippen molar-refractivity contribution in [1.29, 1.82) is 0 Å². The van der Waals surface area contributed by atoms with Crippen LogP contribution in [0.1, 0.15) is 27.6 Å². The number of hydrogen-bond acceptors (Lipinski definition) is 6. The third kappa shape index (κ3) is 5.76. The fraction of sp³-hybridized carbons (Fsp3) is 0.0909. The normalized spacial score (nSPS) is 10.2. The molecule has 7 heteroatoms. The predicted molar refractivity (Wildman–Crippen MR) is 110 cm³/mol. The quantitative estimate of drug-likeness (QED) is 0.467. The van der Waals surface area contributed by atoms with Crippen molar-refractivity contribution in [3.63, 3.8) is 0 Å². The van der Waals surface area contributed by atoms with Crippen molar-refractivity contribution in [3.8, 4) is 0 Å². The lowest BCUT2D eigenvalue weighted by Crippen LogP contribution is -2.15. The van der Waals surface area contributed by atoms with Crippen LogP contribution in [-0.4, -0.2) is 29.3 Å². The molecule has 29 heavy (non-hydrogen) atoms. The molecular formula is C22H18N2O4S. The van der Waals surface area contributed by atoms with Crippen molar-refractivity contribution in [2.75, 3.05) is 11.9 Å². The molecule has 0 aliphatic heterocycles. The fourth-order valence-corrected chi connectivity index (χ4v) is 3.35. The lowest BCUT2D eigenvalue weighted by Gasteiger charge is -2.09. The van der Waals surface area contributed by atoms with Crippen LogP contribution in [0.3, 0.4) is 0 Å². The summed E-state index contributed by atoms with van der Waals surface area (Å²) in [5.41, 5.74) is 1.27. The number of amides is 1. The number of carbonyl (C=O) groups excluding carboxylic acids is 3. The standard InChI is InChI=1S/C22H18N2O4S/c1-15(25)24-17-11-9-16(10-12-17)20(26)14-28-22(27)19-8-5-13-23-21(19)29-18-6-3-2-4-7-18/h2-13H,14H2,1H3,(H,24,25). The molecule has 0 aliphatic rings. The summed E-state index contributed by atoms with van der Waals surface area (Å²) in [5, 5.41) is 3.13. The molecule has 0 saturated heterocycles. The Bertz CT molecular complexity index is 1020. The molecule has 0 unspecified atom stereocenters. The van der Waals surface area contributed by atoms with Gasteiger partial charge in [0.25, 0.3) is 0 Å². The van der Waals surface area contributed by atoms with Crippen molar-refractivity contribution in [3.05, 3.63) is 84.1 Å². The average Bonchev–Trinajstić information content (AvgIpc) is 2.73. The summed E-state index contributed by atoms with van der Waals surface area (Å²) in [5.74, 6) is -1.15. The summed E-state index contributed by atoms with van der Waals surface area (Å²) in [4.78, 5) is 41.0. The summed E-state index contributed by atoms with van der Waals surface area (Å²) in [6.45, 7) is 1.02. The molecule has 1 aromatic heterocycles. The van der Waals surface area contributed by atoms with Crippen LogP contribution in [0.4, 0.5) is 5.69 Å². The van der Waals surface area contributed by atoms with E-state index >= 15 is 0 Å². The van der Waals surface area contributed by atoms with Crippen LogP contribution in [0.25, 0.3) is 0 Å². The molecule has 0 fully saturated rings. The molecule has 0 saturated carbocycles. The van der Waals surface area contributed by atoms with Gasteiger partial charge < -0.3 is 10.1 Å². The number of nitrogens with one attached hydrogen (secondary N) is 1. The molecule has 0 atom stereocenters. The second-order valence-electron chi connectivity index (χ2n) is 6.03. The minimum atomic E-state index is -0.611. The van der Waals surface area contributed by atoms with Gasteiger partial charge >= 0.3 is 5.97 Å². The van der Waals surface area contributed by atoms with Gasteiger partial charge in [-0.3, -0.25) is 9.59 Å². The number of rotatable bonds is 7. The number of pyridine rings is 1. The van der Waals surface area contributed by atoms with Crippen LogP contribution in [0.2, 0.25) is 0 Å². The number of ether oxygens (including phenoxy) is 1. The Morgan fingerprint density at radius 1 is 0.966 bits per heavy atom. The van der Waals surface area contributed by atoms with Crippen LogP contribution in [0.15, 0.2) is 82.8 Å². The monoisotopic (exact) mass is 406 g/mol. The third-order valence-corrected chi connectivity index (χ3v) is 4.84. The van der Waals surface area contributed by atoms with E-state index in [4.69, 9.17) is 4.74 Å². The van der Waals surface area contributed by atoms with Crippen molar-refractivity contribution in [2.45, 2.75) is 16.8 Å². The zero-order valence-electron chi connectivity index (χ0n) is 15.6. The minimum Gasteiger partial charge on any atom is -0.454 e. The maximum Gasteiger partial charge on any atom is 0.341 e. The number of nitrogens with zero attached hydrogens (tertiary/aromatic N) is 1. The number of benzene rings is 2. The molecular weight excluding hydrogens is 388 g/mol. The van der Waals surface area contributed by atoms with E-state index in [1.165, 1.54) is 18.7 Å². The molecule has 1 amide bonds. The van der Waals surface area contributed by atoms with Crippen LogP contribution in [0.5, 0.6) is 0 Å². The lowest BCUT2D eigenvalue weighted by molar-refractivity contribution is -0.114. The highest BCUT2D eigenvalue weighted by Crippen LogP contribution is 2.28. The maximum absolute atomic E-state index is 12.5. The average molecular weight is 406 g/mol. The van der Waals surface area contributed by atoms with Crippen molar-refractivity contribution >= 4 is 35.1 Å². The van der Waals surface area contributed by atoms with Gasteiger partial charge in [0.2, 0.25) is 5.91 Å². The van der Waals surface area contributed by atoms with Crippen LogP contribution < -0.4 is 5.32 Å². The van der Waals surface area contributed by atoms with Gasteiger partial charge in [-0.15, -0.1) is 0 Å². The van der Waals surface area contributed by atoms with Gasteiger partial charge in [-0.1, -0.05) is 30.0 Å². The Morgan fingerprint density at radius 3 is 2.38 bits per heavy atom. The van der Waals surface area contributed by atoms with Crippen LogP contribution in [-0.2, 0) is 9.53 Å². The molecule has 0 spiro atoms. The summed E-state index contributed by atoms with van der Waals surface area (Å²) < 4.78 is 5.21. The highest BCUT2D eigenvalue weighted by Gasteiger charge is 2.17. The zero-order valence-corrected chi connectivity index (χ0v) is 16.4. The summed E-state index contributed by atoms with van der Waals surface area (Å²) in [6.07, 6.45) is 1.60. The number of esters is 1. The van der Waals surface area contributed by atoms with E-state index in [-0.39, 0.29) is 18.3 Å². The van der Waals surface area contributed by atoms with Crippen LogP contribution in [0, 0.1) is 0 Å². The van der Waals surface area contributed by atoms with E-state index in [1.807, 2.05) is 30.3 Å². The molecule has 6 nitrogen and oxygen atoms in total. The third-order valence-electron chi connectivity index (χ3n) is 3.81. The predicted octanol–water partition coefficient (Wildman–Crippen LogP) is 4.23. The number of hydrogen-bond donors (Lipinski definition) is 1. The second kappa shape index (κ2) is 9.66. The van der Waals surface area contributed by atoms with E-state index in [1.54, 1.807) is 42.6 Å². The van der Waals surface area contributed by atoms with Crippen molar-refractivity contribution in [1.82, 2.24) is 4.98 Å². The Hall–Kier alpha value is -3.45. The molecule has 0 aliphatic carbocycles. The highest BCUT2D eigenvalue weighted by molar-refractivity contribution is 7.99. The van der Waals surface area contributed by atoms with E-state index < -0.39 is 5.97 Å². The molecule has 146 valence electrons. The zero-order chi connectivity index (χ0) is 20.6. The SMILES string of the molecule is CC(=O)Nc1ccc(C(=O)COC(=O)c2cccnc2Sc2ccccc2)cc1. The van der Waals surface area contributed by atoms with Crippen molar-refractivity contribution < 1.29 is 19.1 Å². The first-order chi connectivity index (χ1) is 14.0. The van der Waals surface area contributed by atoms with Gasteiger partial charge in [0.1, 0.15) is 5.03 Å². The van der Waals surface area contributed by atoms with Crippen molar-refractivity contribution in [2.24, 2.45) is 0 Å². The molecule has 2 aromatic carbocycles. The van der Waals surface area contributed by atoms with E-state index in [0.717, 1.165) is 4.90 Å². The topological polar surface area (TPSA) is 85.4 Å². The highest BCUT2D eigenvalue weighted by atomic mass is 32.2. The molecule has 1 heterocycles. The minimum absolute atomic E-state index is 0.196. The number of anilines is 1. The van der Waals surface area contributed by atoms with Gasteiger partial charge in [0, 0.05) is 29.3 Å². The Morgan fingerprint density at radius 2 is 1.69 bits per heavy atom. The summed E-state index contributed by atoms with van der Waals surface area (Å²) >= 11 is 1.35. The Kier molecular flexibility index (Phi) is 6.76. The smallest absolute Gasteiger partial charge is 0.341 e. The van der Waals surface area contributed by atoms with E-state index in [0.29, 0.717) is 21.8 Å². The van der Waals surface area contributed by atoms with Gasteiger partial charge in [0.05, 0.1) is 5.56 Å². The number of Topliss-reactive ketones (excluding diaryl/α,β-unsaturated/α-hetero) is 1. The summed E-state index contributed by atoms with van der Waals surface area (Å²) in [6, 6.07) is 19.2. The van der Waals surface area contributed by atoms with Crippen LogP contribution >= 0.6 is 11.8 Å². The number of aromatic nitrogens is 1.